The van der Waals surface area contributed by atoms with Crippen molar-refractivity contribution >= 4 is 5.91 Å². The van der Waals surface area contributed by atoms with E-state index in [-0.39, 0.29) is 5.91 Å². The number of rotatable bonds is 4. The minimum atomic E-state index is -0.405. The molecule has 3 N–H and O–H groups in total. The summed E-state index contributed by atoms with van der Waals surface area (Å²) in [5.41, 5.74) is 5.33. The van der Waals surface area contributed by atoms with E-state index in [4.69, 9.17) is 5.73 Å². The monoisotopic (exact) mass is 159 g/mol. The smallest absolute Gasteiger partial charge is 0.236 e. The Morgan fingerprint density at radius 3 is 2.55 bits per heavy atom. The third-order valence-electron chi connectivity index (χ3n) is 1.27. The van der Waals surface area contributed by atoms with Crippen LogP contribution in [-0.2, 0) is 4.79 Å². The topological polar surface area (TPSA) is 58.4 Å². The summed E-state index contributed by atoms with van der Waals surface area (Å²) in [5, 5.41) is 2.71. The van der Waals surface area contributed by atoms with Gasteiger partial charge in [0, 0.05) is 13.1 Å². The predicted octanol–water partition coefficient (Wildman–Crippen LogP) is -0.989. The largest absolute Gasteiger partial charge is 0.353 e. The lowest BCUT2D eigenvalue weighted by molar-refractivity contribution is -0.121. The van der Waals surface area contributed by atoms with Crippen molar-refractivity contribution in [2.45, 2.75) is 13.0 Å². The Morgan fingerprint density at radius 2 is 2.18 bits per heavy atom. The van der Waals surface area contributed by atoms with Gasteiger partial charge in [-0.05, 0) is 21.0 Å². The van der Waals surface area contributed by atoms with Crippen molar-refractivity contribution in [3.63, 3.8) is 0 Å². The molecule has 1 amide bonds. The van der Waals surface area contributed by atoms with E-state index in [0.29, 0.717) is 6.54 Å². The first-order valence-electron chi connectivity index (χ1n) is 3.72. The Hall–Kier alpha value is -0.610. The van der Waals surface area contributed by atoms with E-state index in [1.165, 1.54) is 0 Å². The van der Waals surface area contributed by atoms with Crippen molar-refractivity contribution in [3.8, 4) is 0 Å². The highest BCUT2D eigenvalue weighted by molar-refractivity contribution is 5.80. The molecule has 0 aliphatic carbocycles. The fourth-order valence-electron chi connectivity index (χ4n) is 0.564. The maximum absolute atomic E-state index is 10.9. The molecule has 0 aliphatic rings. The summed E-state index contributed by atoms with van der Waals surface area (Å²) in [6, 6.07) is -0.405. The summed E-state index contributed by atoms with van der Waals surface area (Å²) in [6.07, 6.45) is 0. The molecule has 0 aromatic heterocycles. The van der Waals surface area contributed by atoms with Crippen molar-refractivity contribution in [2.75, 3.05) is 27.2 Å². The molecule has 66 valence electrons. The van der Waals surface area contributed by atoms with Crippen molar-refractivity contribution in [2.24, 2.45) is 5.73 Å². The van der Waals surface area contributed by atoms with E-state index in [1.54, 1.807) is 6.92 Å². The lowest BCUT2D eigenvalue weighted by Crippen LogP contribution is -2.41. The van der Waals surface area contributed by atoms with Crippen LogP contribution in [0.4, 0.5) is 0 Å². The molecule has 0 saturated heterocycles. The Labute approximate surface area is 67.7 Å². The number of amides is 1. The summed E-state index contributed by atoms with van der Waals surface area (Å²) >= 11 is 0. The molecule has 0 unspecified atom stereocenters. The number of carbonyl (C=O) groups excluding carboxylic acids is 1. The van der Waals surface area contributed by atoms with Crippen LogP contribution in [0, 0.1) is 0 Å². The number of likely N-dealkylation sites (N-methyl/N-ethyl adjacent to an activating group) is 1. The predicted molar refractivity (Wildman–Crippen MR) is 45.2 cm³/mol. The van der Waals surface area contributed by atoms with Gasteiger partial charge in [0.05, 0.1) is 6.04 Å². The minimum Gasteiger partial charge on any atom is -0.353 e. The molecule has 0 heterocycles. The molecule has 1 atom stereocenters. The Morgan fingerprint density at radius 1 is 1.64 bits per heavy atom. The van der Waals surface area contributed by atoms with Crippen LogP contribution in [0.1, 0.15) is 6.92 Å². The third-order valence-corrected chi connectivity index (χ3v) is 1.27. The Kier molecular flexibility index (Phi) is 4.81. The molecule has 0 aromatic rings. The van der Waals surface area contributed by atoms with Crippen LogP contribution < -0.4 is 11.1 Å². The molecule has 4 heteroatoms. The van der Waals surface area contributed by atoms with Crippen molar-refractivity contribution < 1.29 is 4.79 Å². The van der Waals surface area contributed by atoms with Crippen molar-refractivity contribution in [3.05, 3.63) is 0 Å². The second-order valence-electron chi connectivity index (χ2n) is 2.88. The number of hydrogen-bond acceptors (Lipinski definition) is 3. The van der Waals surface area contributed by atoms with Crippen LogP contribution in [0.25, 0.3) is 0 Å². The number of nitrogens with one attached hydrogen (secondary N) is 1. The van der Waals surface area contributed by atoms with E-state index in [0.717, 1.165) is 6.54 Å². The van der Waals surface area contributed by atoms with Gasteiger partial charge in [0.2, 0.25) is 5.91 Å². The van der Waals surface area contributed by atoms with Crippen LogP contribution in [0.2, 0.25) is 0 Å². The SMILES string of the molecule is C[C@@H](N)C(=O)NCCN(C)C. The molecule has 4 nitrogen and oxygen atoms in total. The maximum Gasteiger partial charge on any atom is 0.236 e. The molecule has 0 fully saturated rings. The Bertz CT molecular complexity index is 123. The molecule has 11 heavy (non-hydrogen) atoms. The first-order chi connectivity index (χ1) is 5.04. The first-order valence-corrected chi connectivity index (χ1v) is 3.72. The standard InChI is InChI=1S/C7H17N3O/c1-6(8)7(11)9-4-5-10(2)3/h6H,4-5,8H2,1-3H3,(H,9,11)/t6-/m1/s1. The van der Waals surface area contributed by atoms with Gasteiger partial charge in [-0.15, -0.1) is 0 Å². The van der Waals surface area contributed by atoms with Gasteiger partial charge >= 0.3 is 0 Å². The maximum atomic E-state index is 10.9. The zero-order valence-electron chi connectivity index (χ0n) is 7.42. The zero-order chi connectivity index (χ0) is 8.85. The zero-order valence-corrected chi connectivity index (χ0v) is 7.42. The summed E-state index contributed by atoms with van der Waals surface area (Å²) in [4.78, 5) is 12.9. The molecular formula is C7H17N3O. The average molecular weight is 159 g/mol. The lowest BCUT2D eigenvalue weighted by Gasteiger charge is -2.11. The minimum absolute atomic E-state index is 0.0909. The summed E-state index contributed by atoms with van der Waals surface area (Å²) < 4.78 is 0. The van der Waals surface area contributed by atoms with Crippen LogP contribution in [0.15, 0.2) is 0 Å². The first kappa shape index (κ1) is 10.4. The second kappa shape index (κ2) is 5.09. The quantitative estimate of drug-likeness (QED) is 0.554. The van der Waals surface area contributed by atoms with Gasteiger partial charge in [-0.2, -0.15) is 0 Å². The van der Waals surface area contributed by atoms with E-state index >= 15 is 0 Å². The number of hydrogen-bond donors (Lipinski definition) is 2. The van der Waals surface area contributed by atoms with Gasteiger partial charge in [0.1, 0.15) is 0 Å². The molecule has 0 bridgehead atoms. The normalized spacial score (nSPS) is 13.2. The fourth-order valence-corrected chi connectivity index (χ4v) is 0.564. The van der Waals surface area contributed by atoms with Crippen LogP contribution in [0.3, 0.4) is 0 Å². The Balaban J connectivity index is 3.32. The van der Waals surface area contributed by atoms with E-state index in [9.17, 15) is 4.79 Å². The van der Waals surface area contributed by atoms with Crippen LogP contribution >= 0.6 is 0 Å². The summed E-state index contributed by atoms with van der Waals surface area (Å²) in [6.45, 7) is 3.18. The number of nitrogens with zero attached hydrogens (tertiary/aromatic N) is 1. The molecule has 0 saturated carbocycles. The van der Waals surface area contributed by atoms with Gasteiger partial charge in [0.25, 0.3) is 0 Å². The highest BCUT2D eigenvalue weighted by Crippen LogP contribution is 1.75. The van der Waals surface area contributed by atoms with Gasteiger partial charge in [-0.1, -0.05) is 0 Å². The van der Waals surface area contributed by atoms with Gasteiger partial charge in [-0.25, -0.2) is 0 Å². The van der Waals surface area contributed by atoms with Crippen molar-refractivity contribution in [1.29, 1.82) is 0 Å². The number of nitrogens with two attached hydrogens (primary N) is 1. The summed E-state index contributed by atoms with van der Waals surface area (Å²) in [7, 11) is 3.91. The lowest BCUT2D eigenvalue weighted by atomic mass is 10.3. The van der Waals surface area contributed by atoms with E-state index in [2.05, 4.69) is 5.32 Å². The second-order valence-corrected chi connectivity index (χ2v) is 2.88. The van der Waals surface area contributed by atoms with Gasteiger partial charge in [0.15, 0.2) is 0 Å². The fraction of sp³-hybridized carbons (Fsp3) is 0.857. The van der Waals surface area contributed by atoms with E-state index in [1.807, 2.05) is 19.0 Å². The van der Waals surface area contributed by atoms with Gasteiger partial charge < -0.3 is 16.0 Å². The number of carbonyl (C=O) groups is 1. The van der Waals surface area contributed by atoms with Gasteiger partial charge in [-0.3, -0.25) is 4.79 Å². The molecular weight excluding hydrogens is 142 g/mol. The highest BCUT2D eigenvalue weighted by atomic mass is 16.2. The third kappa shape index (κ3) is 5.82. The summed E-state index contributed by atoms with van der Waals surface area (Å²) in [5.74, 6) is -0.0909. The molecule has 0 aliphatic heterocycles. The van der Waals surface area contributed by atoms with Crippen LogP contribution in [-0.4, -0.2) is 44.0 Å². The van der Waals surface area contributed by atoms with Crippen LogP contribution in [0.5, 0.6) is 0 Å². The average Bonchev–Trinajstić information content (AvgIpc) is 1.86. The van der Waals surface area contributed by atoms with E-state index < -0.39 is 6.04 Å². The molecule has 0 aromatic carbocycles. The molecule has 0 spiro atoms. The molecule has 0 radical (unpaired) electrons. The molecule has 0 rings (SSSR count). The van der Waals surface area contributed by atoms with Crippen molar-refractivity contribution in [1.82, 2.24) is 10.2 Å². The highest BCUT2D eigenvalue weighted by Gasteiger charge is 2.04.